The van der Waals surface area contributed by atoms with E-state index in [4.69, 9.17) is 39.6 Å². The van der Waals surface area contributed by atoms with E-state index in [0.29, 0.717) is 34.6 Å². The number of anilines is 1. The molecule has 0 saturated carbocycles. The molecule has 1 aliphatic rings. The highest BCUT2D eigenvalue weighted by Crippen LogP contribution is 2.51. The molecule has 2 unspecified atom stereocenters. The Hall–Kier alpha value is -5.49. The molecule has 7 rings (SSSR count). The first-order valence-corrected chi connectivity index (χ1v) is 22.2. The summed E-state index contributed by atoms with van der Waals surface area (Å²) in [5, 5.41) is 12.2. The van der Waals surface area contributed by atoms with Crippen LogP contribution in [0.15, 0.2) is 116 Å². The summed E-state index contributed by atoms with van der Waals surface area (Å²) in [6.45, 7) is 8.62. The summed E-state index contributed by atoms with van der Waals surface area (Å²) in [4.78, 5) is 26.8. The summed E-state index contributed by atoms with van der Waals surface area (Å²) >= 11 is 6.52. The minimum absolute atomic E-state index is 0.0552. The first-order valence-electron chi connectivity index (χ1n) is 20.7. The van der Waals surface area contributed by atoms with Gasteiger partial charge in [0.05, 0.1) is 52.4 Å². The number of hydrogen-bond acceptors (Lipinski definition) is 12. The molecular formula is C47H51ClN7O7P. The Morgan fingerprint density at radius 3 is 2.06 bits per heavy atom. The fourth-order valence-electron chi connectivity index (χ4n) is 7.78. The van der Waals surface area contributed by atoms with Crippen LogP contribution in [0.4, 0.5) is 5.82 Å². The maximum Gasteiger partial charge on any atom is 0.259 e. The zero-order chi connectivity index (χ0) is 44.5. The van der Waals surface area contributed by atoms with Gasteiger partial charge < -0.3 is 33.3 Å². The van der Waals surface area contributed by atoms with Crippen molar-refractivity contribution >= 4 is 43.0 Å². The summed E-state index contributed by atoms with van der Waals surface area (Å²) in [5.41, 5.74) is 2.60. The highest BCUT2D eigenvalue weighted by atomic mass is 35.5. The molecule has 6 aromatic rings. The third-order valence-corrected chi connectivity index (χ3v) is 13.0. The van der Waals surface area contributed by atoms with Crippen LogP contribution >= 0.6 is 20.1 Å². The average Bonchev–Trinajstić information content (AvgIpc) is 3.91. The van der Waals surface area contributed by atoms with Crippen LogP contribution in [0.5, 0.6) is 11.5 Å². The van der Waals surface area contributed by atoms with E-state index < -0.39 is 32.6 Å². The van der Waals surface area contributed by atoms with Crippen LogP contribution in [0.3, 0.4) is 0 Å². The molecule has 1 fully saturated rings. The van der Waals surface area contributed by atoms with Crippen LogP contribution in [-0.2, 0) is 24.1 Å². The van der Waals surface area contributed by atoms with Crippen LogP contribution in [0.25, 0.3) is 11.2 Å². The third-order valence-electron chi connectivity index (χ3n) is 10.7. The van der Waals surface area contributed by atoms with Crippen molar-refractivity contribution in [3.63, 3.8) is 0 Å². The van der Waals surface area contributed by atoms with Crippen molar-refractivity contribution in [3.05, 3.63) is 143 Å². The number of nitrogens with zero attached hydrogens (tertiary/aromatic N) is 6. The smallest absolute Gasteiger partial charge is 0.259 e. The molecule has 4 aromatic carbocycles. The van der Waals surface area contributed by atoms with Crippen LogP contribution in [0.2, 0.25) is 5.28 Å². The summed E-state index contributed by atoms with van der Waals surface area (Å²) in [7, 11) is 1.58. The van der Waals surface area contributed by atoms with E-state index in [1.165, 1.54) is 0 Å². The molecule has 1 amide bonds. The van der Waals surface area contributed by atoms with E-state index in [2.05, 4.69) is 58.7 Å². The SMILES string of the molecule is COc1ccc(C(OC[C@H]2O[C@@H](n3cnc4c(NC(=O)c5ccccc5)nc(Cl)nc43)CC2OP(OCCC#N)N(C(C)C)C(C)C)(c2ccccc2)c2ccc(OC)cc2)cc1. The lowest BCUT2D eigenvalue weighted by Gasteiger charge is -2.39. The molecule has 0 bridgehead atoms. The van der Waals surface area contributed by atoms with Gasteiger partial charge in [-0.2, -0.15) is 15.2 Å². The van der Waals surface area contributed by atoms with Gasteiger partial charge in [0.25, 0.3) is 14.4 Å². The maximum atomic E-state index is 13.2. The molecule has 0 spiro atoms. The Morgan fingerprint density at radius 1 is 0.905 bits per heavy atom. The van der Waals surface area contributed by atoms with Crippen LogP contribution in [0.1, 0.15) is 73.8 Å². The van der Waals surface area contributed by atoms with Gasteiger partial charge in [0.2, 0.25) is 5.28 Å². The first-order chi connectivity index (χ1) is 30.6. The molecule has 0 radical (unpaired) electrons. The van der Waals surface area contributed by atoms with Gasteiger partial charge in [0.15, 0.2) is 17.0 Å². The number of imidazole rings is 1. The molecule has 4 atom stereocenters. The van der Waals surface area contributed by atoms with Gasteiger partial charge in [0, 0.05) is 24.1 Å². The molecule has 2 aromatic heterocycles. The second-order valence-electron chi connectivity index (χ2n) is 15.4. The monoisotopic (exact) mass is 891 g/mol. The number of fused-ring (bicyclic) bond motifs is 1. The molecule has 14 nitrogen and oxygen atoms in total. The van der Waals surface area contributed by atoms with Crippen LogP contribution < -0.4 is 14.8 Å². The van der Waals surface area contributed by atoms with Crippen LogP contribution in [-0.4, -0.2) is 81.8 Å². The second-order valence-corrected chi connectivity index (χ2v) is 17.1. The van der Waals surface area contributed by atoms with Crippen molar-refractivity contribution < 1.29 is 32.8 Å². The molecular weight excluding hydrogens is 841 g/mol. The molecule has 16 heteroatoms. The van der Waals surface area contributed by atoms with E-state index in [1.54, 1.807) is 49.4 Å². The highest BCUT2D eigenvalue weighted by molar-refractivity contribution is 7.44. The first kappa shape index (κ1) is 45.5. The predicted molar refractivity (Wildman–Crippen MR) is 242 cm³/mol. The van der Waals surface area contributed by atoms with Crippen molar-refractivity contribution in [2.75, 3.05) is 32.8 Å². The number of hydrogen-bond donors (Lipinski definition) is 1. The summed E-state index contributed by atoms with van der Waals surface area (Å²) in [6, 6.07) is 36.8. The van der Waals surface area contributed by atoms with Crippen molar-refractivity contribution in [2.45, 2.75) is 76.7 Å². The molecule has 3 heterocycles. The van der Waals surface area contributed by atoms with Gasteiger partial charge in [-0.25, -0.2) is 9.65 Å². The predicted octanol–water partition coefficient (Wildman–Crippen LogP) is 9.71. The normalized spacial score (nSPS) is 17.0. The number of carbonyl (C=O) groups is 1. The van der Waals surface area contributed by atoms with E-state index >= 15 is 0 Å². The van der Waals surface area contributed by atoms with Crippen molar-refractivity contribution in [3.8, 4) is 17.6 Å². The minimum Gasteiger partial charge on any atom is -0.497 e. The van der Waals surface area contributed by atoms with Crippen LogP contribution in [0, 0.1) is 11.3 Å². The number of nitriles is 1. The quantitative estimate of drug-likeness (QED) is 0.0356. The summed E-state index contributed by atoms with van der Waals surface area (Å²) in [6.07, 6.45) is 0.204. The lowest BCUT2D eigenvalue weighted by Crippen LogP contribution is -2.39. The van der Waals surface area contributed by atoms with E-state index in [0.717, 1.165) is 16.7 Å². The average molecular weight is 892 g/mol. The van der Waals surface area contributed by atoms with Crippen molar-refractivity contribution in [2.24, 2.45) is 0 Å². The second kappa shape index (κ2) is 20.8. The fourth-order valence-corrected chi connectivity index (χ4v) is 9.70. The van der Waals surface area contributed by atoms with Gasteiger partial charge in [-0.3, -0.25) is 9.36 Å². The van der Waals surface area contributed by atoms with Gasteiger partial charge >= 0.3 is 0 Å². The van der Waals surface area contributed by atoms with Gasteiger partial charge in [-0.15, -0.1) is 0 Å². The van der Waals surface area contributed by atoms with E-state index in [9.17, 15) is 10.1 Å². The summed E-state index contributed by atoms with van der Waals surface area (Å²) in [5.74, 6) is 1.20. The minimum atomic E-state index is -1.69. The Bertz CT molecular complexity index is 2420. The molecule has 328 valence electrons. The van der Waals surface area contributed by atoms with Crippen molar-refractivity contribution in [1.82, 2.24) is 24.2 Å². The van der Waals surface area contributed by atoms with E-state index in [-0.39, 0.29) is 48.7 Å². The van der Waals surface area contributed by atoms with Gasteiger partial charge in [-0.05, 0) is 92.4 Å². The third kappa shape index (κ3) is 10.2. The summed E-state index contributed by atoms with van der Waals surface area (Å²) < 4.78 is 42.9. The Morgan fingerprint density at radius 2 is 1.49 bits per heavy atom. The molecule has 1 saturated heterocycles. The number of methoxy groups -OCH3 is 2. The topological polar surface area (TPSA) is 155 Å². The van der Waals surface area contributed by atoms with E-state index in [1.807, 2.05) is 84.9 Å². The standard InChI is InChI=1S/C47H51ClN7O7P/c1-31(2)55(32(3)4)63(60-27-13-26-49)62-39-28-41(54-30-50-42-43(52-46(48)53-44(42)54)51-45(56)33-14-9-7-10-15-33)61-40(39)29-59-47(34-16-11-8-12-17-34,35-18-22-37(57-5)23-19-35)36-20-24-38(58-6)25-21-36/h7-12,14-25,30-32,39-41H,13,27-29H2,1-6H3,(H,51,52,53,56)/t39?,40-,41-,63?/m1/s1. The Kier molecular flexibility index (Phi) is 15.0. The molecule has 0 aliphatic carbocycles. The van der Waals surface area contributed by atoms with Gasteiger partial charge in [-0.1, -0.05) is 72.8 Å². The van der Waals surface area contributed by atoms with Gasteiger partial charge in [0.1, 0.15) is 29.4 Å². The zero-order valence-corrected chi connectivity index (χ0v) is 37.7. The Balaban J connectivity index is 1.30. The number of nitrogens with one attached hydrogen (secondary N) is 1. The lowest BCUT2D eigenvalue weighted by atomic mass is 9.80. The molecule has 1 N–H and O–H groups in total. The molecule has 1 aliphatic heterocycles. The number of ether oxygens (including phenoxy) is 4. The zero-order valence-electron chi connectivity index (χ0n) is 36.1. The Labute approximate surface area is 374 Å². The number of rotatable bonds is 19. The lowest BCUT2D eigenvalue weighted by molar-refractivity contribution is -0.0912. The number of amides is 1. The van der Waals surface area contributed by atoms with Crippen molar-refractivity contribution in [1.29, 1.82) is 5.26 Å². The molecule has 63 heavy (non-hydrogen) atoms. The fraction of sp³-hybridized carbons (Fsp3) is 0.340. The number of halogens is 1. The number of carbonyl (C=O) groups excluding carboxylic acids is 1. The maximum absolute atomic E-state index is 13.2. The largest absolute Gasteiger partial charge is 0.497 e. The number of benzene rings is 4. The highest BCUT2D eigenvalue weighted by Gasteiger charge is 2.45. The number of aromatic nitrogens is 4.